The van der Waals surface area contributed by atoms with E-state index in [9.17, 15) is 10.1 Å². The zero-order chi connectivity index (χ0) is 15.7. The molecule has 0 atom stereocenters. The molecule has 1 aromatic carbocycles. The monoisotopic (exact) mass is 318 g/mol. The number of nitro benzene ring substituents is 1. The van der Waals surface area contributed by atoms with Gasteiger partial charge in [0.25, 0.3) is 5.69 Å². The molecule has 0 amide bonds. The molecule has 0 aliphatic heterocycles. The van der Waals surface area contributed by atoms with Crippen molar-refractivity contribution in [2.24, 2.45) is 0 Å². The fourth-order valence-electron chi connectivity index (χ4n) is 2.32. The number of benzene rings is 1. The molecular formula is C15H18N4O2S. The smallest absolute Gasteiger partial charge is 0.269 e. The van der Waals surface area contributed by atoms with Crippen molar-refractivity contribution in [1.82, 2.24) is 14.8 Å². The van der Waals surface area contributed by atoms with Gasteiger partial charge in [-0.1, -0.05) is 37.7 Å². The average molecular weight is 318 g/mol. The van der Waals surface area contributed by atoms with Crippen molar-refractivity contribution in [1.29, 1.82) is 0 Å². The lowest BCUT2D eigenvalue weighted by molar-refractivity contribution is -0.384. The van der Waals surface area contributed by atoms with Crippen LogP contribution in [0.25, 0.3) is 0 Å². The number of nitro groups is 1. The minimum absolute atomic E-state index is 0.122. The number of hydrogen-bond acceptors (Lipinski definition) is 5. The summed E-state index contributed by atoms with van der Waals surface area (Å²) in [4.78, 5) is 10.3. The van der Waals surface area contributed by atoms with E-state index in [1.165, 1.54) is 12.8 Å². The van der Waals surface area contributed by atoms with Crippen molar-refractivity contribution in [2.75, 3.05) is 0 Å². The van der Waals surface area contributed by atoms with Crippen LogP contribution in [0.4, 0.5) is 5.69 Å². The van der Waals surface area contributed by atoms with Gasteiger partial charge in [0, 0.05) is 29.8 Å². The maximum Gasteiger partial charge on any atom is 0.269 e. The molecule has 1 saturated carbocycles. The molecule has 0 spiro atoms. The van der Waals surface area contributed by atoms with Crippen molar-refractivity contribution < 1.29 is 4.92 Å². The molecule has 1 aliphatic rings. The third-order valence-corrected chi connectivity index (χ3v) is 4.65. The Kier molecular flexibility index (Phi) is 4.15. The standard InChI is InChI=1S/C15H18N4O2S/c1-10(2)14-16-17-15(18(14)12-7-8-12)22-9-11-3-5-13(6-4-11)19(20)21/h3-6,10,12H,7-9H2,1-2H3. The number of hydrogen-bond donors (Lipinski definition) is 0. The lowest BCUT2D eigenvalue weighted by Crippen LogP contribution is -2.04. The van der Waals surface area contributed by atoms with Crippen LogP contribution in [0.1, 0.15) is 50.0 Å². The lowest BCUT2D eigenvalue weighted by atomic mass is 10.2. The van der Waals surface area contributed by atoms with Crippen LogP contribution in [0.2, 0.25) is 0 Å². The second-order valence-corrected chi connectivity index (χ2v) is 6.75. The van der Waals surface area contributed by atoms with Gasteiger partial charge in [-0.15, -0.1) is 10.2 Å². The van der Waals surface area contributed by atoms with Gasteiger partial charge in [-0.25, -0.2) is 0 Å². The average Bonchev–Trinajstić information content (AvgIpc) is 3.24. The zero-order valence-corrected chi connectivity index (χ0v) is 13.4. The normalized spacial score (nSPS) is 14.5. The quantitative estimate of drug-likeness (QED) is 0.458. The van der Waals surface area contributed by atoms with Crippen molar-refractivity contribution in [3.8, 4) is 0 Å². The molecule has 1 heterocycles. The van der Waals surface area contributed by atoms with Gasteiger partial charge in [0.2, 0.25) is 0 Å². The Morgan fingerprint density at radius 3 is 2.55 bits per heavy atom. The van der Waals surface area contributed by atoms with Crippen molar-refractivity contribution in [3.63, 3.8) is 0 Å². The Hall–Kier alpha value is -1.89. The van der Waals surface area contributed by atoms with Crippen molar-refractivity contribution in [2.45, 2.75) is 49.6 Å². The SMILES string of the molecule is CC(C)c1nnc(SCc2ccc([N+](=O)[O-])cc2)n1C1CC1. The van der Waals surface area contributed by atoms with Crippen LogP contribution in [0.15, 0.2) is 29.4 Å². The first kappa shape index (κ1) is 15.0. The maximum absolute atomic E-state index is 10.7. The van der Waals surface area contributed by atoms with Crippen molar-refractivity contribution in [3.05, 3.63) is 45.8 Å². The number of aromatic nitrogens is 3. The van der Waals surface area contributed by atoms with Gasteiger partial charge in [0.15, 0.2) is 5.16 Å². The topological polar surface area (TPSA) is 73.8 Å². The second kappa shape index (κ2) is 6.08. The Labute approximate surface area is 133 Å². The predicted octanol–water partition coefficient (Wildman–Crippen LogP) is 3.94. The van der Waals surface area contributed by atoms with Crippen LogP contribution in [0.5, 0.6) is 0 Å². The molecule has 0 saturated heterocycles. The summed E-state index contributed by atoms with van der Waals surface area (Å²) in [5, 5.41) is 20.3. The molecule has 0 radical (unpaired) electrons. The van der Waals surface area contributed by atoms with Crippen LogP contribution < -0.4 is 0 Å². The number of non-ortho nitro benzene ring substituents is 1. The van der Waals surface area contributed by atoms with E-state index in [1.54, 1.807) is 36.0 Å². The van der Waals surface area contributed by atoms with E-state index in [0.717, 1.165) is 22.3 Å². The predicted molar refractivity (Wildman–Crippen MR) is 85.0 cm³/mol. The Morgan fingerprint density at radius 1 is 1.32 bits per heavy atom. The van der Waals surface area contributed by atoms with Gasteiger partial charge in [-0.05, 0) is 18.4 Å². The second-order valence-electron chi connectivity index (χ2n) is 5.81. The molecule has 116 valence electrons. The van der Waals surface area contributed by atoms with Crippen LogP contribution in [-0.2, 0) is 5.75 Å². The summed E-state index contributed by atoms with van der Waals surface area (Å²) in [7, 11) is 0. The number of thioether (sulfide) groups is 1. The van der Waals surface area contributed by atoms with E-state index in [4.69, 9.17) is 0 Å². The van der Waals surface area contributed by atoms with Gasteiger partial charge in [0.1, 0.15) is 5.82 Å². The molecule has 6 nitrogen and oxygen atoms in total. The minimum atomic E-state index is -0.379. The molecule has 3 rings (SSSR count). The summed E-state index contributed by atoms with van der Waals surface area (Å²) < 4.78 is 2.26. The highest BCUT2D eigenvalue weighted by atomic mass is 32.2. The summed E-state index contributed by atoms with van der Waals surface area (Å²) in [6.07, 6.45) is 2.39. The summed E-state index contributed by atoms with van der Waals surface area (Å²) in [6, 6.07) is 7.23. The molecule has 1 aliphatic carbocycles. The van der Waals surface area contributed by atoms with Gasteiger partial charge >= 0.3 is 0 Å². The van der Waals surface area contributed by atoms with Gasteiger partial charge < -0.3 is 4.57 Å². The zero-order valence-electron chi connectivity index (χ0n) is 12.6. The molecule has 0 bridgehead atoms. The third-order valence-electron chi connectivity index (χ3n) is 3.63. The fourth-order valence-corrected chi connectivity index (χ4v) is 3.29. The Bertz CT molecular complexity index is 677. The van der Waals surface area contributed by atoms with Gasteiger partial charge in [0.05, 0.1) is 4.92 Å². The van der Waals surface area contributed by atoms with Crippen molar-refractivity contribution >= 4 is 17.4 Å². The first-order valence-corrected chi connectivity index (χ1v) is 8.35. The van der Waals surface area contributed by atoms with Crippen LogP contribution in [0.3, 0.4) is 0 Å². The molecule has 0 unspecified atom stereocenters. The van der Waals surface area contributed by atoms with Gasteiger partial charge in [-0.3, -0.25) is 10.1 Å². The molecule has 7 heteroatoms. The molecule has 22 heavy (non-hydrogen) atoms. The Morgan fingerprint density at radius 2 is 2.00 bits per heavy atom. The molecule has 1 aromatic heterocycles. The van der Waals surface area contributed by atoms with E-state index >= 15 is 0 Å². The highest BCUT2D eigenvalue weighted by Crippen LogP contribution is 2.40. The summed E-state index contributed by atoms with van der Waals surface area (Å²) in [5.74, 6) is 2.15. The van der Waals surface area contributed by atoms with E-state index in [0.29, 0.717) is 12.0 Å². The van der Waals surface area contributed by atoms with Crippen LogP contribution >= 0.6 is 11.8 Å². The van der Waals surface area contributed by atoms with Crippen LogP contribution in [0, 0.1) is 10.1 Å². The summed E-state index contributed by atoms with van der Waals surface area (Å²) in [6.45, 7) is 4.27. The largest absolute Gasteiger partial charge is 0.303 e. The van der Waals surface area contributed by atoms with E-state index in [-0.39, 0.29) is 10.6 Å². The number of rotatable bonds is 6. The molecular weight excluding hydrogens is 300 g/mol. The van der Waals surface area contributed by atoms with E-state index in [1.807, 2.05) is 0 Å². The highest BCUT2D eigenvalue weighted by Gasteiger charge is 2.30. The van der Waals surface area contributed by atoms with Crippen LogP contribution in [-0.4, -0.2) is 19.7 Å². The first-order chi connectivity index (χ1) is 10.6. The summed E-state index contributed by atoms with van der Waals surface area (Å²) in [5.41, 5.74) is 1.17. The maximum atomic E-state index is 10.7. The number of nitrogens with zero attached hydrogens (tertiary/aromatic N) is 4. The van der Waals surface area contributed by atoms with E-state index < -0.39 is 0 Å². The van der Waals surface area contributed by atoms with Gasteiger partial charge in [-0.2, -0.15) is 0 Å². The lowest BCUT2D eigenvalue weighted by Gasteiger charge is -2.10. The highest BCUT2D eigenvalue weighted by molar-refractivity contribution is 7.98. The fraction of sp³-hybridized carbons (Fsp3) is 0.467. The summed E-state index contributed by atoms with van der Waals surface area (Å²) >= 11 is 1.64. The molecule has 1 fully saturated rings. The minimum Gasteiger partial charge on any atom is -0.303 e. The first-order valence-electron chi connectivity index (χ1n) is 7.37. The molecule has 0 N–H and O–H groups in total. The third kappa shape index (κ3) is 3.14. The van der Waals surface area contributed by atoms with E-state index in [2.05, 4.69) is 28.6 Å². The molecule has 2 aromatic rings. The Balaban J connectivity index is 1.72.